The van der Waals surface area contributed by atoms with E-state index >= 15 is 0 Å². The molecule has 2 aromatic carbocycles. The van der Waals surface area contributed by atoms with Gasteiger partial charge in [-0.05, 0) is 54.7 Å². The molecule has 0 aliphatic heterocycles. The van der Waals surface area contributed by atoms with Crippen LogP contribution in [0, 0.1) is 11.7 Å². The van der Waals surface area contributed by atoms with E-state index in [4.69, 9.17) is 9.47 Å². The third-order valence-electron chi connectivity index (χ3n) is 5.26. The highest BCUT2D eigenvalue weighted by atomic mass is 19.1. The number of benzene rings is 2. The topological polar surface area (TPSA) is 67.9 Å². The average Bonchev–Trinajstić information content (AvgIpc) is 2.77. The van der Waals surface area contributed by atoms with Crippen LogP contribution in [0.2, 0.25) is 0 Å². The van der Waals surface area contributed by atoms with Gasteiger partial charge < -0.3 is 19.7 Å². The molecule has 0 saturated heterocycles. The maximum Gasteiger partial charge on any atom is 0.242 e. The fraction of sp³-hybridized carbons (Fsp3) is 0.440. The average molecular weight is 445 g/mol. The lowest BCUT2D eigenvalue weighted by molar-refractivity contribution is -0.140. The number of hydrogen-bond acceptors (Lipinski definition) is 4. The van der Waals surface area contributed by atoms with Crippen molar-refractivity contribution in [3.63, 3.8) is 0 Å². The Kier molecular flexibility index (Phi) is 9.50. The summed E-state index contributed by atoms with van der Waals surface area (Å²) in [5.74, 6) is 0.789. The Hall–Kier alpha value is -3.09. The highest BCUT2D eigenvalue weighted by Crippen LogP contribution is 2.28. The van der Waals surface area contributed by atoms with Crippen molar-refractivity contribution >= 4 is 11.8 Å². The summed E-state index contributed by atoms with van der Waals surface area (Å²) < 4.78 is 23.9. The molecule has 0 unspecified atom stereocenters. The van der Waals surface area contributed by atoms with Gasteiger partial charge in [0.15, 0.2) is 11.5 Å². The molecule has 2 rings (SSSR count). The minimum absolute atomic E-state index is 0.0885. The van der Waals surface area contributed by atoms with E-state index in [-0.39, 0.29) is 30.6 Å². The van der Waals surface area contributed by atoms with Gasteiger partial charge in [-0.25, -0.2) is 4.39 Å². The van der Waals surface area contributed by atoms with Crippen molar-refractivity contribution in [2.24, 2.45) is 5.92 Å². The first kappa shape index (κ1) is 25.2. The highest BCUT2D eigenvalue weighted by Gasteiger charge is 2.26. The summed E-state index contributed by atoms with van der Waals surface area (Å²) in [4.78, 5) is 27.5. The molecule has 0 aliphatic rings. The maximum absolute atomic E-state index is 13.3. The molecule has 2 amide bonds. The molecule has 0 fully saturated rings. The Bertz CT molecular complexity index is 899. The summed E-state index contributed by atoms with van der Waals surface area (Å²) in [6, 6.07) is 10.5. The van der Waals surface area contributed by atoms with Gasteiger partial charge in [0.2, 0.25) is 11.8 Å². The second-order valence-electron chi connectivity index (χ2n) is 8.16. The van der Waals surface area contributed by atoms with E-state index in [1.54, 1.807) is 44.4 Å². The first-order valence-corrected chi connectivity index (χ1v) is 10.8. The molecule has 0 radical (unpaired) electrons. The van der Waals surface area contributed by atoms with Crippen LogP contribution >= 0.6 is 0 Å². The first-order valence-electron chi connectivity index (χ1n) is 10.8. The van der Waals surface area contributed by atoms with Crippen molar-refractivity contribution in [1.29, 1.82) is 0 Å². The molecule has 7 heteroatoms. The van der Waals surface area contributed by atoms with Gasteiger partial charge in [-0.3, -0.25) is 9.59 Å². The molecule has 32 heavy (non-hydrogen) atoms. The monoisotopic (exact) mass is 444 g/mol. The molecule has 174 valence electrons. The summed E-state index contributed by atoms with van der Waals surface area (Å²) in [5.41, 5.74) is 1.48. The lowest BCUT2D eigenvalue weighted by Gasteiger charge is -2.29. The van der Waals surface area contributed by atoms with Gasteiger partial charge in [0.1, 0.15) is 11.9 Å². The fourth-order valence-electron chi connectivity index (χ4n) is 3.27. The van der Waals surface area contributed by atoms with Gasteiger partial charge in [0.25, 0.3) is 0 Å². The summed E-state index contributed by atoms with van der Waals surface area (Å²) in [7, 11) is 3.08. The molecule has 0 heterocycles. The summed E-state index contributed by atoms with van der Waals surface area (Å²) in [5, 5.41) is 2.91. The van der Waals surface area contributed by atoms with Crippen LogP contribution < -0.4 is 14.8 Å². The van der Waals surface area contributed by atoms with E-state index in [2.05, 4.69) is 19.2 Å². The molecule has 0 aromatic heterocycles. The molecular formula is C25H33FN2O4. The van der Waals surface area contributed by atoms with Crippen molar-refractivity contribution < 1.29 is 23.5 Å². The third-order valence-corrected chi connectivity index (χ3v) is 5.26. The maximum atomic E-state index is 13.3. The first-order chi connectivity index (χ1) is 15.2. The van der Waals surface area contributed by atoms with Crippen molar-refractivity contribution in [1.82, 2.24) is 10.2 Å². The SMILES string of the molecule is COc1ccc(CC(=O)N(Cc2ccc(F)cc2)[C@@H](C)C(=O)NCCC(C)C)cc1OC. The van der Waals surface area contributed by atoms with Crippen molar-refractivity contribution in [3.05, 3.63) is 59.4 Å². The van der Waals surface area contributed by atoms with Crippen LogP contribution in [0.4, 0.5) is 4.39 Å². The lowest BCUT2D eigenvalue weighted by atomic mass is 10.1. The normalized spacial score (nSPS) is 11.7. The van der Waals surface area contributed by atoms with E-state index in [1.807, 2.05) is 0 Å². The number of halogens is 1. The second-order valence-corrected chi connectivity index (χ2v) is 8.16. The summed E-state index contributed by atoms with van der Waals surface area (Å²) in [6.45, 7) is 6.63. The van der Waals surface area contributed by atoms with E-state index in [0.29, 0.717) is 24.0 Å². The Morgan fingerprint density at radius 1 is 0.969 bits per heavy atom. The predicted molar refractivity (Wildman–Crippen MR) is 122 cm³/mol. The highest BCUT2D eigenvalue weighted by molar-refractivity contribution is 5.88. The van der Waals surface area contributed by atoms with E-state index in [0.717, 1.165) is 17.5 Å². The molecular weight excluding hydrogens is 411 g/mol. The standard InChI is InChI=1S/C25H33FN2O4/c1-17(2)12-13-27-25(30)18(3)28(16-19-6-9-21(26)10-7-19)24(29)15-20-8-11-22(31-4)23(14-20)32-5/h6-11,14,17-18H,12-13,15-16H2,1-5H3,(H,27,30)/t18-/m0/s1. The number of hydrogen-bond donors (Lipinski definition) is 1. The zero-order valence-corrected chi connectivity index (χ0v) is 19.5. The van der Waals surface area contributed by atoms with E-state index in [9.17, 15) is 14.0 Å². The molecule has 0 spiro atoms. The van der Waals surface area contributed by atoms with Crippen LogP contribution in [0.3, 0.4) is 0 Å². The minimum atomic E-state index is -0.681. The van der Waals surface area contributed by atoms with Crippen LogP contribution in [0.5, 0.6) is 11.5 Å². The molecule has 0 saturated carbocycles. The van der Waals surface area contributed by atoms with Gasteiger partial charge in [0, 0.05) is 13.1 Å². The van der Waals surface area contributed by atoms with Gasteiger partial charge in [0.05, 0.1) is 20.6 Å². The Morgan fingerprint density at radius 3 is 2.19 bits per heavy atom. The van der Waals surface area contributed by atoms with Crippen molar-refractivity contribution in [2.75, 3.05) is 20.8 Å². The van der Waals surface area contributed by atoms with Gasteiger partial charge >= 0.3 is 0 Å². The van der Waals surface area contributed by atoms with E-state index in [1.165, 1.54) is 24.1 Å². The minimum Gasteiger partial charge on any atom is -0.493 e. The van der Waals surface area contributed by atoms with Crippen LogP contribution in [0.1, 0.15) is 38.3 Å². The number of rotatable bonds is 11. The van der Waals surface area contributed by atoms with Crippen LogP contribution in [-0.4, -0.2) is 43.5 Å². The van der Waals surface area contributed by atoms with Crippen molar-refractivity contribution in [2.45, 2.75) is 46.2 Å². The van der Waals surface area contributed by atoms with Crippen molar-refractivity contribution in [3.8, 4) is 11.5 Å². The number of methoxy groups -OCH3 is 2. The van der Waals surface area contributed by atoms with E-state index < -0.39 is 6.04 Å². The van der Waals surface area contributed by atoms with Gasteiger partial charge in [-0.15, -0.1) is 0 Å². The number of carbonyl (C=O) groups is 2. The zero-order valence-electron chi connectivity index (χ0n) is 19.5. The predicted octanol–water partition coefficient (Wildman–Crippen LogP) is 3.97. The molecule has 1 N–H and O–H groups in total. The van der Waals surface area contributed by atoms with Gasteiger partial charge in [-0.1, -0.05) is 32.0 Å². The summed E-state index contributed by atoms with van der Waals surface area (Å²) >= 11 is 0. The Balaban J connectivity index is 2.21. The quantitative estimate of drug-likeness (QED) is 0.570. The number of nitrogens with one attached hydrogen (secondary N) is 1. The third kappa shape index (κ3) is 7.25. The largest absolute Gasteiger partial charge is 0.493 e. The smallest absolute Gasteiger partial charge is 0.242 e. The van der Waals surface area contributed by atoms with Gasteiger partial charge in [-0.2, -0.15) is 0 Å². The van der Waals surface area contributed by atoms with Crippen LogP contribution in [-0.2, 0) is 22.6 Å². The fourth-order valence-corrected chi connectivity index (χ4v) is 3.27. The Morgan fingerprint density at radius 2 is 1.59 bits per heavy atom. The zero-order chi connectivity index (χ0) is 23.7. The number of ether oxygens (including phenoxy) is 2. The van der Waals surface area contributed by atoms with Crippen LogP contribution in [0.25, 0.3) is 0 Å². The molecule has 0 bridgehead atoms. The molecule has 0 aliphatic carbocycles. The molecule has 1 atom stereocenters. The Labute approximate surface area is 189 Å². The number of nitrogens with zero attached hydrogens (tertiary/aromatic N) is 1. The summed E-state index contributed by atoms with van der Waals surface area (Å²) in [6.07, 6.45) is 0.946. The number of carbonyl (C=O) groups excluding carboxylic acids is 2. The van der Waals surface area contributed by atoms with Crippen LogP contribution in [0.15, 0.2) is 42.5 Å². The molecule has 6 nitrogen and oxygen atoms in total. The lowest BCUT2D eigenvalue weighted by Crippen LogP contribution is -2.48. The number of amides is 2. The molecule has 2 aromatic rings. The second kappa shape index (κ2) is 12.1.